The zero-order valence-corrected chi connectivity index (χ0v) is 73.0. The van der Waals surface area contributed by atoms with Gasteiger partial charge in [0.25, 0.3) is 17.7 Å². The standard InChI is InChI=1S/C34H25F2N3O4S.2C32H23F2N3O7S/c35-25-11-10-23-28(29(25)36)24-13-17-44-33(24)22-9-5-4-8-21(22)30(23)39-27-19-42-16-15-37(27)34(41)31-32(26(40)12-14-38(31)39)43-18-20-6-2-1-3-7-20;2*1-16-23(44-32(40)43-16)14-42-29-22(38)8-10-36-28(29)31(39)35-11-12-41-15-24(35)37(36)27-17-4-2-3-5-18(17)30-20(9-13-45-30)25-19(27)6-7-21(33)26(25)34/h1-14,17,27,30H,15-16,18-19H2;2*2-10,13,24,27H,11-12,14-15H2,1H3/t;24-,27-;/m.1./s1. The number of aryl methyl sites for hydroxylation is 2. The van der Waals surface area contributed by atoms with Gasteiger partial charge in [-0.3, -0.25) is 57.8 Å². The van der Waals surface area contributed by atoms with E-state index in [4.69, 9.17) is 46.1 Å². The summed E-state index contributed by atoms with van der Waals surface area (Å²) >= 11 is 4.31. The molecule has 3 aliphatic carbocycles. The van der Waals surface area contributed by atoms with Crippen molar-refractivity contribution in [2.45, 2.75) is 70.3 Å². The lowest BCUT2D eigenvalue weighted by atomic mass is 9.92. The lowest BCUT2D eigenvalue weighted by Crippen LogP contribution is -2.66. The number of amides is 3. The molecule has 6 aliphatic heterocycles. The van der Waals surface area contributed by atoms with Crippen LogP contribution in [0, 0.1) is 48.8 Å². The largest absolute Gasteiger partial charge is 0.519 e. The number of halogens is 6. The third-order valence-corrected chi connectivity index (χ3v) is 28.3. The van der Waals surface area contributed by atoms with Gasteiger partial charge < -0.3 is 60.8 Å². The summed E-state index contributed by atoms with van der Waals surface area (Å²) in [6.45, 7) is 4.41. The lowest BCUT2D eigenvalue weighted by molar-refractivity contribution is -0.0199. The number of nitrogens with zero attached hydrogens (tertiary/aromatic N) is 9. The minimum Gasteiger partial charge on any atom is -0.482 e. The number of thiophene rings is 3. The first-order chi connectivity index (χ1) is 65.2. The number of pyridine rings is 3. The Morgan fingerprint density at radius 2 is 0.657 bits per heavy atom. The van der Waals surface area contributed by atoms with Gasteiger partial charge in [0.15, 0.2) is 92.3 Å². The predicted molar refractivity (Wildman–Crippen MR) is 478 cm³/mol. The zero-order valence-electron chi connectivity index (χ0n) is 70.5. The predicted octanol–water partition coefficient (Wildman–Crippen LogP) is 15.6. The Balaban J connectivity index is 0.000000117. The number of morpholine rings is 3. The van der Waals surface area contributed by atoms with E-state index in [0.717, 1.165) is 71.8 Å². The molecule has 24 rings (SSSR count). The molecule has 0 bridgehead atoms. The lowest BCUT2D eigenvalue weighted by Gasteiger charge is -2.51. The smallest absolute Gasteiger partial charge is 0.482 e. The second kappa shape index (κ2) is 33.8. The van der Waals surface area contributed by atoms with Crippen LogP contribution in [0.15, 0.2) is 252 Å². The van der Waals surface area contributed by atoms with Crippen molar-refractivity contribution in [3.8, 4) is 82.0 Å². The highest BCUT2D eigenvalue weighted by Gasteiger charge is 2.52. The van der Waals surface area contributed by atoms with Gasteiger partial charge in [-0.1, -0.05) is 121 Å². The molecule has 7 aromatic carbocycles. The van der Waals surface area contributed by atoms with E-state index in [1.54, 1.807) is 65.3 Å². The molecule has 6 atom stereocenters. The van der Waals surface area contributed by atoms with E-state index in [-0.39, 0.29) is 152 Å². The van der Waals surface area contributed by atoms with Gasteiger partial charge in [-0.05, 0) is 122 Å². The molecular formula is C98H71F6N9O18S3. The Morgan fingerprint density at radius 3 is 0.978 bits per heavy atom. The van der Waals surface area contributed by atoms with Crippen LogP contribution >= 0.6 is 34.0 Å². The van der Waals surface area contributed by atoms with E-state index >= 15 is 13.2 Å². The third kappa shape index (κ3) is 13.8. The summed E-state index contributed by atoms with van der Waals surface area (Å²) in [4.78, 5) is 113. The summed E-state index contributed by atoms with van der Waals surface area (Å²) in [6.07, 6.45) is 2.53. The van der Waals surface area contributed by atoms with E-state index in [0.29, 0.717) is 40.0 Å². The van der Waals surface area contributed by atoms with Gasteiger partial charge >= 0.3 is 11.6 Å². The van der Waals surface area contributed by atoms with Gasteiger partial charge in [-0.25, -0.2) is 35.9 Å². The van der Waals surface area contributed by atoms with Crippen molar-refractivity contribution in [1.82, 2.24) is 28.7 Å². The first-order valence-electron chi connectivity index (χ1n) is 42.5. The van der Waals surface area contributed by atoms with Gasteiger partial charge in [-0.15, -0.1) is 34.0 Å². The van der Waals surface area contributed by atoms with Crippen molar-refractivity contribution >= 4 is 51.7 Å². The van der Waals surface area contributed by atoms with Crippen molar-refractivity contribution in [2.75, 3.05) is 74.3 Å². The van der Waals surface area contributed by atoms with E-state index in [2.05, 4.69) is 0 Å². The quantitative estimate of drug-likeness (QED) is 0.103. The number of fused-ring (bicyclic) bond motifs is 21. The summed E-state index contributed by atoms with van der Waals surface area (Å²) in [6, 6.07) is 47.6. The molecule has 676 valence electrons. The van der Waals surface area contributed by atoms with Gasteiger partial charge in [0.05, 0.1) is 57.8 Å². The second-order valence-corrected chi connectivity index (χ2v) is 35.3. The van der Waals surface area contributed by atoms with Crippen LogP contribution in [0.5, 0.6) is 17.2 Å². The summed E-state index contributed by atoms with van der Waals surface area (Å²) in [5.41, 5.74) is 7.80. The topological polar surface area (TPSA) is 279 Å². The molecule has 3 saturated heterocycles. The molecular weight excluding hydrogens is 1800 g/mol. The first-order valence-corrected chi connectivity index (χ1v) is 45.2. The van der Waals surface area contributed by atoms with E-state index in [1.165, 1.54) is 78.5 Å². The van der Waals surface area contributed by atoms with Gasteiger partial charge in [0, 0.05) is 104 Å². The summed E-state index contributed by atoms with van der Waals surface area (Å²) in [7, 11) is 0. The molecule has 0 N–H and O–H groups in total. The monoisotopic (exact) mass is 1870 g/mol. The van der Waals surface area contributed by atoms with Crippen LogP contribution < -0.4 is 57.2 Å². The number of hydrogen-bond acceptors (Lipinski definition) is 24. The second-order valence-electron chi connectivity index (χ2n) is 32.6. The fourth-order valence-electron chi connectivity index (χ4n) is 19.5. The van der Waals surface area contributed by atoms with Gasteiger partial charge in [-0.2, -0.15) is 0 Å². The number of carbonyl (C=O) groups excluding carboxylic acids is 3. The Bertz CT molecular complexity index is 7370. The van der Waals surface area contributed by atoms with E-state index in [1.807, 2.05) is 140 Å². The van der Waals surface area contributed by atoms with Gasteiger partial charge in [0.1, 0.15) is 38.3 Å². The minimum atomic E-state index is -0.979. The Hall–Kier alpha value is -14.8. The zero-order chi connectivity index (χ0) is 91.9. The molecule has 4 unspecified atom stereocenters. The van der Waals surface area contributed by atoms with Crippen LogP contribution in [0.2, 0.25) is 0 Å². The van der Waals surface area contributed by atoms with Crippen LogP contribution in [0.3, 0.4) is 0 Å². The fraction of sp³-hybridized carbons (Fsp3) is 0.204. The molecule has 134 heavy (non-hydrogen) atoms. The highest BCUT2D eigenvalue weighted by atomic mass is 32.1. The normalized spacial score (nSPS) is 18.4. The van der Waals surface area contributed by atoms with Crippen molar-refractivity contribution in [3.05, 3.63) is 377 Å². The minimum absolute atomic E-state index is 0.0650. The van der Waals surface area contributed by atoms with Crippen LogP contribution in [0.4, 0.5) is 26.3 Å². The molecule has 8 aromatic heterocycles. The van der Waals surface area contributed by atoms with Crippen LogP contribution in [0.25, 0.3) is 64.7 Å². The van der Waals surface area contributed by atoms with Crippen molar-refractivity contribution in [1.29, 1.82) is 0 Å². The third-order valence-electron chi connectivity index (χ3n) is 25.4. The van der Waals surface area contributed by atoms with Crippen molar-refractivity contribution in [2.24, 2.45) is 0 Å². The molecule has 36 heteroatoms. The number of aromatic nitrogens is 3. The van der Waals surface area contributed by atoms with Crippen LogP contribution in [-0.4, -0.2) is 124 Å². The molecule has 14 heterocycles. The van der Waals surface area contributed by atoms with Gasteiger partial charge in [0.2, 0.25) is 16.3 Å². The average molecular weight is 1870 g/mol. The maximum Gasteiger partial charge on any atom is 0.519 e. The van der Waals surface area contributed by atoms with E-state index in [9.17, 15) is 51.5 Å². The Morgan fingerprint density at radius 1 is 0.343 bits per heavy atom. The highest BCUT2D eigenvalue weighted by molar-refractivity contribution is 7.15. The molecule has 0 saturated carbocycles. The summed E-state index contributed by atoms with van der Waals surface area (Å²) < 4.78 is 153. The summed E-state index contributed by atoms with van der Waals surface area (Å²) in [5, 5.41) is 11.2. The summed E-state index contributed by atoms with van der Waals surface area (Å²) in [5.74, 6) is -9.00. The highest BCUT2D eigenvalue weighted by Crippen LogP contribution is 2.56. The molecule has 3 fully saturated rings. The van der Waals surface area contributed by atoms with Crippen LogP contribution in [0.1, 0.15) is 112 Å². The van der Waals surface area contributed by atoms with Crippen LogP contribution in [-0.2, 0) is 34.0 Å². The van der Waals surface area contributed by atoms with Crippen molar-refractivity contribution in [3.63, 3.8) is 0 Å². The first kappa shape index (κ1) is 84.7. The molecule has 3 amide bonds. The van der Waals surface area contributed by atoms with Crippen molar-refractivity contribution < 1.29 is 86.8 Å². The molecule has 15 aromatic rings. The number of benzene rings is 7. The number of ether oxygens (including phenoxy) is 6. The number of carbonyl (C=O) groups is 3. The maximum atomic E-state index is 15.9. The van der Waals surface area contributed by atoms with E-state index < -0.39 is 111 Å². The number of rotatable bonds is 12. The molecule has 0 spiro atoms. The Kier molecular flexibility index (Phi) is 21.4. The molecule has 0 radical (unpaired) electrons. The SMILES string of the molecule is Cc1oc(=O)oc1COc1c2n(ccc1=O)N(C1c3ccccc3-c3sccc3-c3c1ccc(F)c3F)C1COCCN1C2=O.Cc1oc(=O)oc1COc1c2n(ccc1=O)N([C@@H]1c3ccccc3-c3sccc3-c3c1ccc(F)c3F)[C@@H]1COCCN1C2=O.O=C1c2c(OCc3ccccc3)c(=O)ccn2N(C2c3ccccc3-c3sccc3-c3c2ccc(F)c3F)C2COCCN12. The fourth-order valence-corrected chi connectivity index (χ4v) is 22.4. The maximum absolute atomic E-state index is 15.9. The average Bonchev–Trinajstić information content (AvgIpc) is 1.52. The Labute approximate surface area is 765 Å². The molecule has 9 aliphatic rings. The number of hydrogen-bond donors (Lipinski definition) is 0. The molecule has 27 nitrogen and oxygen atoms in total.